The van der Waals surface area contributed by atoms with Crippen molar-refractivity contribution in [3.8, 4) is 17.3 Å². The highest BCUT2D eigenvalue weighted by Gasteiger charge is 2.24. The molecule has 4 aromatic rings. The van der Waals surface area contributed by atoms with Crippen LogP contribution in [0.25, 0.3) is 33.3 Å². The Balaban J connectivity index is 0.00000245. The van der Waals surface area contributed by atoms with E-state index in [-0.39, 0.29) is 18.0 Å². The molecule has 1 aliphatic rings. The van der Waals surface area contributed by atoms with Crippen LogP contribution in [-0.2, 0) is 13.0 Å². The fourth-order valence-electron chi connectivity index (χ4n) is 4.58. The highest BCUT2D eigenvalue weighted by Crippen LogP contribution is 2.33. The van der Waals surface area contributed by atoms with E-state index in [1.807, 2.05) is 24.3 Å². The molecule has 6 nitrogen and oxygen atoms in total. The van der Waals surface area contributed by atoms with Crippen LogP contribution in [-0.4, -0.2) is 45.7 Å². The molecular weight excluding hydrogens is 424 g/mol. The number of fused-ring (bicyclic) bond motifs is 6. The first-order valence-electron chi connectivity index (χ1n) is 11.2. The van der Waals surface area contributed by atoms with Crippen LogP contribution in [0.5, 0.6) is 5.75 Å². The summed E-state index contributed by atoms with van der Waals surface area (Å²) in [5, 5.41) is 1.83. The molecule has 0 saturated carbocycles. The number of aromatic amines is 1. The van der Waals surface area contributed by atoms with Crippen LogP contribution in [0.4, 0.5) is 0 Å². The number of aryl methyl sites for hydroxylation is 1. The number of aromatic nitrogens is 3. The minimum Gasteiger partial charge on any atom is -0.494 e. The number of para-hydroxylation sites is 1. The monoisotopic (exact) mass is 452 g/mol. The molecule has 32 heavy (non-hydrogen) atoms. The Morgan fingerprint density at radius 1 is 1.12 bits per heavy atom. The van der Waals surface area contributed by atoms with Gasteiger partial charge in [-0.05, 0) is 55.8 Å². The van der Waals surface area contributed by atoms with Gasteiger partial charge in [-0.1, -0.05) is 32.0 Å². The van der Waals surface area contributed by atoms with Gasteiger partial charge in [-0.25, -0.2) is 4.98 Å². The van der Waals surface area contributed by atoms with E-state index in [4.69, 9.17) is 9.72 Å². The lowest BCUT2D eigenvalue weighted by Crippen LogP contribution is -2.27. The molecule has 0 unspecified atom stereocenters. The van der Waals surface area contributed by atoms with Crippen LogP contribution in [0.3, 0.4) is 0 Å². The van der Waals surface area contributed by atoms with E-state index >= 15 is 0 Å². The number of ether oxygens (including phenoxy) is 1. The van der Waals surface area contributed by atoms with E-state index in [9.17, 15) is 4.79 Å². The fourth-order valence-corrected chi connectivity index (χ4v) is 4.58. The number of benzene rings is 2. The zero-order valence-electron chi connectivity index (χ0n) is 18.6. The van der Waals surface area contributed by atoms with Crippen molar-refractivity contribution in [1.82, 2.24) is 19.4 Å². The molecule has 0 bridgehead atoms. The lowest BCUT2D eigenvalue weighted by Gasteiger charge is -2.19. The molecule has 3 heterocycles. The Morgan fingerprint density at radius 3 is 2.75 bits per heavy atom. The van der Waals surface area contributed by atoms with E-state index in [1.165, 1.54) is 10.9 Å². The Hall–Kier alpha value is -2.83. The third-order valence-electron chi connectivity index (χ3n) is 6.33. The summed E-state index contributed by atoms with van der Waals surface area (Å²) < 4.78 is 7.74. The zero-order valence-corrected chi connectivity index (χ0v) is 19.4. The highest BCUT2D eigenvalue weighted by atomic mass is 35.5. The number of hydrogen-bond acceptors (Lipinski definition) is 4. The summed E-state index contributed by atoms with van der Waals surface area (Å²) in [7, 11) is 0. The van der Waals surface area contributed by atoms with Gasteiger partial charge in [0, 0.05) is 24.0 Å². The summed E-state index contributed by atoms with van der Waals surface area (Å²) in [6.45, 7) is 8.75. The van der Waals surface area contributed by atoms with Crippen LogP contribution < -0.4 is 10.3 Å². The predicted octanol–water partition coefficient (Wildman–Crippen LogP) is 4.63. The van der Waals surface area contributed by atoms with E-state index in [1.54, 1.807) is 4.57 Å². The standard InChI is InChI=1S/C25H28N4O2.ClH/c1-3-28(4-2)13-7-15-31-17-10-11-22-20(16-17)25(30)29-14-12-19-18-8-5-6-9-21(18)26-23(19)24(29)27-22;/h5-6,8-11,16,26H,3-4,7,12-15H2,1-2H3;1H. The average molecular weight is 453 g/mol. The number of nitrogens with one attached hydrogen (secondary N) is 1. The fraction of sp³-hybridized carbons (Fsp3) is 0.360. The third kappa shape index (κ3) is 3.89. The van der Waals surface area contributed by atoms with E-state index < -0.39 is 0 Å². The molecule has 0 radical (unpaired) electrons. The van der Waals surface area contributed by atoms with E-state index in [0.717, 1.165) is 55.3 Å². The van der Waals surface area contributed by atoms with Crippen molar-refractivity contribution < 1.29 is 4.74 Å². The summed E-state index contributed by atoms with van der Waals surface area (Å²) in [6, 6.07) is 13.9. The van der Waals surface area contributed by atoms with Crippen molar-refractivity contribution in [1.29, 1.82) is 0 Å². The summed E-state index contributed by atoms with van der Waals surface area (Å²) in [6.07, 6.45) is 1.78. The summed E-state index contributed by atoms with van der Waals surface area (Å²) in [5.74, 6) is 1.46. The zero-order chi connectivity index (χ0) is 21.4. The Labute approximate surface area is 193 Å². The van der Waals surface area contributed by atoms with Gasteiger partial charge < -0.3 is 14.6 Å². The maximum Gasteiger partial charge on any atom is 0.261 e. The molecule has 7 heteroatoms. The Kier molecular flexibility index (Phi) is 6.53. The molecule has 0 aliphatic carbocycles. The second-order valence-corrected chi connectivity index (χ2v) is 8.07. The van der Waals surface area contributed by atoms with Gasteiger partial charge in [0.15, 0.2) is 5.82 Å². The van der Waals surface area contributed by atoms with Crippen LogP contribution in [0.15, 0.2) is 47.3 Å². The molecule has 0 atom stereocenters. The maximum absolute atomic E-state index is 13.3. The van der Waals surface area contributed by atoms with Crippen molar-refractivity contribution in [2.24, 2.45) is 0 Å². The number of rotatable bonds is 7. The predicted molar refractivity (Wildman–Crippen MR) is 132 cm³/mol. The minimum absolute atomic E-state index is 0. The molecule has 0 saturated heterocycles. The van der Waals surface area contributed by atoms with Crippen LogP contribution in [0, 0.1) is 0 Å². The first-order chi connectivity index (χ1) is 15.2. The summed E-state index contributed by atoms with van der Waals surface area (Å²) in [4.78, 5) is 24.0. The SMILES string of the molecule is CCN(CC)CCCOc1ccc2nc3n(c(=O)c2c1)CCc1c-3[nH]c2ccccc12.Cl. The second kappa shape index (κ2) is 9.35. The largest absolute Gasteiger partial charge is 0.494 e. The normalized spacial score (nSPS) is 12.6. The van der Waals surface area contributed by atoms with Gasteiger partial charge in [-0.2, -0.15) is 0 Å². The van der Waals surface area contributed by atoms with Crippen molar-refractivity contribution in [2.45, 2.75) is 33.2 Å². The Morgan fingerprint density at radius 2 is 1.94 bits per heavy atom. The number of nitrogens with zero attached hydrogens (tertiary/aromatic N) is 3. The molecule has 0 fully saturated rings. The molecule has 2 aromatic carbocycles. The van der Waals surface area contributed by atoms with Gasteiger partial charge in [0.1, 0.15) is 5.75 Å². The van der Waals surface area contributed by atoms with Crippen LogP contribution >= 0.6 is 12.4 Å². The molecule has 168 valence electrons. The van der Waals surface area contributed by atoms with E-state index in [2.05, 4.69) is 41.9 Å². The molecule has 1 N–H and O–H groups in total. The minimum atomic E-state index is -0.00195. The molecule has 0 amide bonds. The number of hydrogen-bond donors (Lipinski definition) is 1. The second-order valence-electron chi connectivity index (χ2n) is 8.07. The lowest BCUT2D eigenvalue weighted by molar-refractivity contribution is 0.249. The smallest absolute Gasteiger partial charge is 0.261 e. The van der Waals surface area contributed by atoms with Crippen LogP contribution in [0.1, 0.15) is 25.8 Å². The molecule has 2 aromatic heterocycles. The molecular formula is C25H29ClN4O2. The maximum atomic E-state index is 13.3. The summed E-state index contributed by atoms with van der Waals surface area (Å²) >= 11 is 0. The topological polar surface area (TPSA) is 63.1 Å². The number of halogens is 1. The van der Waals surface area contributed by atoms with Gasteiger partial charge in [-0.15, -0.1) is 12.4 Å². The lowest BCUT2D eigenvalue weighted by atomic mass is 10.0. The van der Waals surface area contributed by atoms with E-state index in [0.29, 0.717) is 24.1 Å². The van der Waals surface area contributed by atoms with Gasteiger partial charge in [0.2, 0.25) is 0 Å². The first kappa shape index (κ1) is 22.4. The summed E-state index contributed by atoms with van der Waals surface area (Å²) in [5.41, 5.74) is 4.00. The average Bonchev–Trinajstić information content (AvgIpc) is 3.19. The van der Waals surface area contributed by atoms with Crippen molar-refractivity contribution in [3.63, 3.8) is 0 Å². The van der Waals surface area contributed by atoms with Crippen molar-refractivity contribution >= 4 is 34.2 Å². The van der Waals surface area contributed by atoms with Crippen molar-refractivity contribution in [2.75, 3.05) is 26.2 Å². The van der Waals surface area contributed by atoms with Gasteiger partial charge in [0.25, 0.3) is 5.56 Å². The molecule has 0 spiro atoms. The van der Waals surface area contributed by atoms with Gasteiger partial charge >= 0.3 is 0 Å². The van der Waals surface area contributed by atoms with Gasteiger partial charge in [-0.3, -0.25) is 9.36 Å². The third-order valence-corrected chi connectivity index (χ3v) is 6.33. The van der Waals surface area contributed by atoms with Crippen LogP contribution in [0.2, 0.25) is 0 Å². The molecule has 1 aliphatic heterocycles. The Bertz CT molecular complexity index is 1310. The van der Waals surface area contributed by atoms with Crippen molar-refractivity contribution in [3.05, 3.63) is 58.4 Å². The highest BCUT2D eigenvalue weighted by molar-refractivity contribution is 5.91. The molecule has 5 rings (SSSR count). The first-order valence-corrected chi connectivity index (χ1v) is 11.2. The quantitative estimate of drug-likeness (QED) is 0.415. The number of H-pyrrole nitrogens is 1. The van der Waals surface area contributed by atoms with Gasteiger partial charge in [0.05, 0.1) is 23.2 Å².